The molecular weight excluding hydrogens is 352 g/mol. The fourth-order valence-corrected chi connectivity index (χ4v) is 3.46. The smallest absolute Gasteiger partial charge is 0.0969 e. The van der Waals surface area contributed by atoms with E-state index in [1.54, 1.807) is 0 Å². The van der Waals surface area contributed by atoms with Crippen molar-refractivity contribution in [3.05, 3.63) is 83.1 Å². The molecule has 0 saturated heterocycles. The van der Waals surface area contributed by atoms with Crippen LogP contribution in [0.15, 0.2) is 60.7 Å². The highest BCUT2D eigenvalue weighted by Crippen LogP contribution is 2.28. The monoisotopic (exact) mass is 382 g/mol. The summed E-state index contributed by atoms with van der Waals surface area (Å²) in [7, 11) is 0. The van der Waals surface area contributed by atoms with E-state index in [9.17, 15) is 0 Å². The predicted octanol–water partition coefficient (Wildman–Crippen LogP) is 7.56. The Kier molecular flexibility index (Phi) is 6.43. The maximum Gasteiger partial charge on any atom is 0.0969 e. The van der Waals surface area contributed by atoms with E-state index in [-0.39, 0.29) is 0 Å². The molecule has 148 valence electrons. The Balaban J connectivity index is 2.12. The third-order valence-electron chi connectivity index (χ3n) is 5.06. The summed E-state index contributed by atoms with van der Waals surface area (Å²) in [4.78, 5) is 9.94. The number of aryl methyl sites for hydroxylation is 2. The molecule has 2 heteroatoms. The summed E-state index contributed by atoms with van der Waals surface area (Å²) in [5.41, 5.74) is 9.71. The molecular formula is C27H30N2. The van der Waals surface area contributed by atoms with Crippen molar-refractivity contribution in [2.24, 2.45) is 5.92 Å². The third-order valence-corrected chi connectivity index (χ3v) is 5.06. The first-order chi connectivity index (χ1) is 13.9. The lowest BCUT2D eigenvalue weighted by Gasteiger charge is -2.11. The topological polar surface area (TPSA) is 25.8 Å². The van der Waals surface area contributed by atoms with Crippen molar-refractivity contribution in [3.63, 3.8) is 0 Å². The summed E-state index contributed by atoms with van der Waals surface area (Å²) >= 11 is 0. The van der Waals surface area contributed by atoms with E-state index in [4.69, 9.17) is 9.97 Å². The van der Waals surface area contributed by atoms with Crippen LogP contribution >= 0.6 is 0 Å². The lowest BCUT2D eigenvalue weighted by molar-refractivity contribution is 0.836. The standard InChI is InChI=1S/C27H30N2/c1-7-9-21(8-2)22-12-14-23(15-13-22)26-20(6)28-25-17-11-19(5)24(27(25)29-26)16-10-18(3)4/h7-18H,1-6H3/b9-7-,16-10-,21-8+. The molecule has 3 rings (SSSR count). The zero-order valence-electron chi connectivity index (χ0n) is 18.3. The van der Waals surface area contributed by atoms with Crippen molar-refractivity contribution < 1.29 is 0 Å². The molecule has 2 aromatic carbocycles. The molecule has 0 radical (unpaired) electrons. The minimum Gasteiger partial charge on any atom is -0.249 e. The van der Waals surface area contributed by atoms with E-state index in [1.807, 2.05) is 13.8 Å². The molecule has 0 unspecified atom stereocenters. The van der Waals surface area contributed by atoms with Gasteiger partial charge in [-0.3, -0.25) is 0 Å². The Morgan fingerprint density at radius 3 is 2.28 bits per heavy atom. The maximum atomic E-state index is 5.07. The van der Waals surface area contributed by atoms with Crippen molar-refractivity contribution in [3.8, 4) is 11.3 Å². The molecule has 29 heavy (non-hydrogen) atoms. The summed E-state index contributed by atoms with van der Waals surface area (Å²) < 4.78 is 0. The van der Waals surface area contributed by atoms with Crippen LogP contribution in [0, 0.1) is 19.8 Å². The molecule has 2 nitrogen and oxygen atoms in total. The third kappa shape index (κ3) is 4.54. The molecule has 0 N–H and O–H groups in total. The minimum atomic E-state index is 0.494. The van der Waals surface area contributed by atoms with Gasteiger partial charge in [0.25, 0.3) is 0 Å². The van der Waals surface area contributed by atoms with Crippen LogP contribution in [0.3, 0.4) is 0 Å². The van der Waals surface area contributed by atoms with Gasteiger partial charge in [-0.1, -0.05) is 74.6 Å². The zero-order valence-corrected chi connectivity index (χ0v) is 18.3. The van der Waals surface area contributed by atoms with E-state index in [2.05, 4.69) is 94.5 Å². The molecule has 3 aromatic rings. The molecule has 0 aliphatic rings. The van der Waals surface area contributed by atoms with Crippen LogP contribution in [0.2, 0.25) is 0 Å². The Morgan fingerprint density at radius 1 is 0.931 bits per heavy atom. The lowest BCUT2D eigenvalue weighted by Crippen LogP contribution is -1.98. The molecule has 0 aliphatic carbocycles. The first-order valence-corrected chi connectivity index (χ1v) is 10.3. The van der Waals surface area contributed by atoms with Crippen molar-refractivity contribution in [1.82, 2.24) is 9.97 Å². The van der Waals surface area contributed by atoms with Crippen LogP contribution in [0.5, 0.6) is 0 Å². The average Bonchev–Trinajstić information content (AvgIpc) is 2.71. The van der Waals surface area contributed by atoms with E-state index in [0.717, 1.165) is 33.5 Å². The number of rotatable bonds is 5. The first-order valence-electron chi connectivity index (χ1n) is 10.3. The van der Waals surface area contributed by atoms with Gasteiger partial charge in [0.05, 0.1) is 22.4 Å². The van der Waals surface area contributed by atoms with Crippen molar-refractivity contribution in [2.75, 3.05) is 0 Å². The minimum absolute atomic E-state index is 0.494. The molecule has 0 saturated carbocycles. The molecule has 0 atom stereocenters. The van der Waals surface area contributed by atoms with Gasteiger partial charge in [0.1, 0.15) is 0 Å². The Hall–Kier alpha value is -3.00. The van der Waals surface area contributed by atoms with Crippen LogP contribution < -0.4 is 0 Å². The maximum absolute atomic E-state index is 5.07. The van der Waals surface area contributed by atoms with Crippen molar-refractivity contribution >= 4 is 22.7 Å². The molecule has 1 heterocycles. The van der Waals surface area contributed by atoms with Gasteiger partial charge in [-0.2, -0.15) is 0 Å². The highest BCUT2D eigenvalue weighted by atomic mass is 14.8. The lowest BCUT2D eigenvalue weighted by atomic mass is 10.0. The highest BCUT2D eigenvalue weighted by Gasteiger charge is 2.12. The zero-order chi connectivity index (χ0) is 21.0. The average molecular weight is 383 g/mol. The summed E-state index contributed by atoms with van der Waals surface area (Å²) in [6.45, 7) is 12.7. The summed E-state index contributed by atoms with van der Waals surface area (Å²) in [5, 5.41) is 0. The molecule has 0 fully saturated rings. The van der Waals surface area contributed by atoms with Crippen LogP contribution in [0.25, 0.3) is 33.9 Å². The number of hydrogen-bond donors (Lipinski definition) is 0. The second kappa shape index (κ2) is 9.00. The van der Waals surface area contributed by atoms with Gasteiger partial charge >= 0.3 is 0 Å². The van der Waals surface area contributed by atoms with E-state index >= 15 is 0 Å². The van der Waals surface area contributed by atoms with Gasteiger partial charge in [-0.15, -0.1) is 0 Å². The predicted molar refractivity (Wildman–Crippen MR) is 127 cm³/mol. The Bertz CT molecular complexity index is 1100. The van der Waals surface area contributed by atoms with E-state index in [1.165, 1.54) is 16.7 Å². The van der Waals surface area contributed by atoms with Crippen LogP contribution in [0.1, 0.15) is 50.1 Å². The summed E-state index contributed by atoms with van der Waals surface area (Å²) in [6.07, 6.45) is 10.7. The molecule has 0 spiro atoms. The first kappa shape index (κ1) is 20.7. The number of allylic oxidation sites excluding steroid dienone is 5. The van der Waals surface area contributed by atoms with Gasteiger partial charge in [0.2, 0.25) is 0 Å². The second-order valence-electron chi connectivity index (χ2n) is 7.75. The summed E-state index contributed by atoms with van der Waals surface area (Å²) in [5.74, 6) is 0.494. The molecule has 0 amide bonds. The largest absolute Gasteiger partial charge is 0.249 e. The van der Waals surface area contributed by atoms with Crippen molar-refractivity contribution in [2.45, 2.75) is 41.5 Å². The van der Waals surface area contributed by atoms with Gasteiger partial charge in [0, 0.05) is 11.1 Å². The van der Waals surface area contributed by atoms with Crippen LogP contribution in [0.4, 0.5) is 0 Å². The van der Waals surface area contributed by atoms with Crippen LogP contribution in [-0.2, 0) is 0 Å². The SMILES string of the molecule is C/C=C\C(=C/C)c1ccc(-c2nc3c(/C=C\C(C)C)c(C)ccc3nc2C)cc1. The fourth-order valence-electron chi connectivity index (χ4n) is 3.46. The van der Waals surface area contributed by atoms with E-state index in [0.29, 0.717) is 5.92 Å². The van der Waals surface area contributed by atoms with Gasteiger partial charge < -0.3 is 0 Å². The number of aromatic nitrogens is 2. The highest BCUT2D eigenvalue weighted by molar-refractivity contribution is 5.88. The number of nitrogens with zero attached hydrogens (tertiary/aromatic N) is 2. The number of fused-ring (bicyclic) bond motifs is 1. The fraction of sp³-hybridized carbons (Fsp3) is 0.259. The molecule has 0 aliphatic heterocycles. The normalized spacial score (nSPS) is 12.7. The van der Waals surface area contributed by atoms with Gasteiger partial charge in [-0.25, -0.2) is 9.97 Å². The number of benzene rings is 2. The molecule has 1 aromatic heterocycles. The van der Waals surface area contributed by atoms with Gasteiger partial charge in [0.15, 0.2) is 0 Å². The quantitative estimate of drug-likeness (QED) is 0.425. The van der Waals surface area contributed by atoms with Crippen molar-refractivity contribution in [1.29, 1.82) is 0 Å². The van der Waals surface area contributed by atoms with E-state index < -0.39 is 0 Å². The molecule has 0 bridgehead atoms. The summed E-state index contributed by atoms with van der Waals surface area (Å²) in [6, 6.07) is 12.8. The van der Waals surface area contributed by atoms with Crippen LogP contribution in [-0.4, -0.2) is 9.97 Å². The Labute approximate surface area is 174 Å². The van der Waals surface area contributed by atoms with Gasteiger partial charge in [-0.05, 0) is 56.4 Å². The number of hydrogen-bond acceptors (Lipinski definition) is 2. The Morgan fingerprint density at radius 2 is 1.66 bits per heavy atom. The second-order valence-corrected chi connectivity index (χ2v) is 7.75.